The summed E-state index contributed by atoms with van der Waals surface area (Å²) in [4.78, 5) is 0. The standard InChI is InChI=1S/C11H14O2/c1-7-4-5-8(2)10-9(7)6-13-11(10)12-3/h4-5,11H,6H2,1-3H3/t11-/m1/s1. The lowest BCUT2D eigenvalue weighted by Crippen LogP contribution is -2.00. The first-order chi connectivity index (χ1) is 6.24. The van der Waals surface area contributed by atoms with E-state index in [-0.39, 0.29) is 6.29 Å². The summed E-state index contributed by atoms with van der Waals surface area (Å²) in [5.41, 5.74) is 5.07. The van der Waals surface area contributed by atoms with E-state index < -0.39 is 0 Å². The lowest BCUT2D eigenvalue weighted by molar-refractivity contribution is -0.118. The quantitative estimate of drug-likeness (QED) is 0.657. The Morgan fingerprint density at radius 1 is 1.31 bits per heavy atom. The smallest absolute Gasteiger partial charge is 0.184 e. The van der Waals surface area contributed by atoms with Crippen LogP contribution in [-0.4, -0.2) is 7.11 Å². The molecule has 0 amide bonds. The minimum absolute atomic E-state index is 0.157. The fourth-order valence-electron chi connectivity index (χ4n) is 1.84. The number of benzene rings is 1. The van der Waals surface area contributed by atoms with Crippen molar-refractivity contribution in [2.45, 2.75) is 26.7 Å². The van der Waals surface area contributed by atoms with Crippen LogP contribution in [0.1, 0.15) is 28.5 Å². The normalized spacial score (nSPS) is 20.4. The maximum Gasteiger partial charge on any atom is 0.184 e. The summed E-state index contributed by atoms with van der Waals surface area (Å²) >= 11 is 0. The lowest BCUT2D eigenvalue weighted by Gasteiger charge is -2.11. The van der Waals surface area contributed by atoms with Gasteiger partial charge in [0.1, 0.15) is 0 Å². The summed E-state index contributed by atoms with van der Waals surface area (Å²) in [6.45, 7) is 4.89. The second-order valence-electron chi connectivity index (χ2n) is 3.47. The van der Waals surface area contributed by atoms with Crippen LogP contribution in [0.2, 0.25) is 0 Å². The van der Waals surface area contributed by atoms with Crippen molar-refractivity contribution in [1.29, 1.82) is 0 Å². The highest BCUT2D eigenvalue weighted by Gasteiger charge is 2.25. The van der Waals surface area contributed by atoms with Gasteiger partial charge in [0, 0.05) is 12.7 Å². The number of hydrogen-bond acceptors (Lipinski definition) is 2. The predicted octanol–water partition coefficient (Wildman–Crippen LogP) is 2.48. The number of rotatable bonds is 1. The Hall–Kier alpha value is -0.860. The minimum atomic E-state index is -0.157. The van der Waals surface area contributed by atoms with Gasteiger partial charge in [-0.2, -0.15) is 0 Å². The van der Waals surface area contributed by atoms with Crippen molar-refractivity contribution < 1.29 is 9.47 Å². The number of aryl methyl sites for hydroxylation is 2. The van der Waals surface area contributed by atoms with E-state index in [4.69, 9.17) is 9.47 Å². The highest BCUT2D eigenvalue weighted by atomic mass is 16.7. The van der Waals surface area contributed by atoms with Crippen molar-refractivity contribution in [2.24, 2.45) is 0 Å². The van der Waals surface area contributed by atoms with Gasteiger partial charge >= 0.3 is 0 Å². The highest BCUT2D eigenvalue weighted by Crippen LogP contribution is 2.35. The molecule has 1 aromatic carbocycles. The van der Waals surface area contributed by atoms with E-state index in [2.05, 4.69) is 26.0 Å². The van der Waals surface area contributed by atoms with Crippen LogP contribution in [0.25, 0.3) is 0 Å². The molecular formula is C11H14O2. The molecule has 0 spiro atoms. The van der Waals surface area contributed by atoms with Crippen molar-refractivity contribution in [2.75, 3.05) is 7.11 Å². The second kappa shape index (κ2) is 3.13. The maximum atomic E-state index is 5.51. The minimum Gasteiger partial charge on any atom is -0.352 e. The first-order valence-electron chi connectivity index (χ1n) is 4.47. The molecule has 1 aromatic rings. The van der Waals surface area contributed by atoms with Crippen molar-refractivity contribution in [3.8, 4) is 0 Å². The number of ether oxygens (including phenoxy) is 2. The van der Waals surface area contributed by atoms with Crippen LogP contribution < -0.4 is 0 Å². The molecule has 2 nitrogen and oxygen atoms in total. The zero-order valence-corrected chi connectivity index (χ0v) is 8.26. The van der Waals surface area contributed by atoms with E-state index in [9.17, 15) is 0 Å². The molecule has 2 rings (SSSR count). The van der Waals surface area contributed by atoms with Crippen molar-refractivity contribution in [1.82, 2.24) is 0 Å². The molecule has 0 fully saturated rings. The molecule has 1 heterocycles. The van der Waals surface area contributed by atoms with Crippen LogP contribution in [0.3, 0.4) is 0 Å². The fraction of sp³-hybridized carbons (Fsp3) is 0.455. The van der Waals surface area contributed by atoms with Gasteiger partial charge in [0.15, 0.2) is 6.29 Å². The van der Waals surface area contributed by atoms with Gasteiger partial charge in [0.25, 0.3) is 0 Å². The third kappa shape index (κ3) is 1.26. The van der Waals surface area contributed by atoms with E-state index in [0.29, 0.717) is 6.61 Å². The summed E-state index contributed by atoms with van der Waals surface area (Å²) in [5.74, 6) is 0. The van der Waals surface area contributed by atoms with Crippen molar-refractivity contribution in [3.63, 3.8) is 0 Å². The van der Waals surface area contributed by atoms with Crippen LogP contribution in [0.15, 0.2) is 12.1 Å². The summed E-state index contributed by atoms with van der Waals surface area (Å²) in [6.07, 6.45) is -0.157. The molecular weight excluding hydrogens is 164 g/mol. The van der Waals surface area contributed by atoms with Crippen molar-refractivity contribution >= 4 is 0 Å². The van der Waals surface area contributed by atoms with Gasteiger partial charge in [-0.25, -0.2) is 0 Å². The highest BCUT2D eigenvalue weighted by molar-refractivity contribution is 5.42. The summed E-state index contributed by atoms with van der Waals surface area (Å²) in [5, 5.41) is 0. The van der Waals surface area contributed by atoms with E-state index >= 15 is 0 Å². The average Bonchev–Trinajstić information content (AvgIpc) is 2.56. The van der Waals surface area contributed by atoms with Crippen LogP contribution in [0.4, 0.5) is 0 Å². The first-order valence-corrected chi connectivity index (χ1v) is 4.47. The van der Waals surface area contributed by atoms with Crippen LogP contribution in [0.5, 0.6) is 0 Å². The first kappa shape index (κ1) is 8.73. The largest absolute Gasteiger partial charge is 0.352 e. The Morgan fingerprint density at radius 3 is 2.69 bits per heavy atom. The van der Waals surface area contributed by atoms with Gasteiger partial charge in [-0.15, -0.1) is 0 Å². The molecule has 2 heteroatoms. The van der Waals surface area contributed by atoms with Gasteiger partial charge in [-0.3, -0.25) is 0 Å². The van der Waals surface area contributed by atoms with E-state index in [1.54, 1.807) is 7.11 Å². The molecule has 0 N–H and O–H groups in total. The van der Waals surface area contributed by atoms with Gasteiger partial charge in [-0.05, 0) is 30.5 Å². The molecule has 0 saturated heterocycles. The number of hydrogen-bond donors (Lipinski definition) is 0. The molecule has 0 aliphatic carbocycles. The summed E-state index contributed by atoms with van der Waals surface area (Å²) in [7, 11) is 1.68. The van der Waals surface area contributed by atoms with Gasteiger partial charge in [0.2, 0.25) is 0 Å². The van der Waals surface area contributed by atoms with E-state index in [1.165, 1.54) is 22.3 Å². The Bertz CT molecular complexity index is 331. The molecule has 1 aliphatic rings. The molecule has 13 heavy (non-hydrogen) atoms. The Kier molecular flexibility index (Phi) is 2.10. The monoisotopic (exact) mass is 178 g/mol. The lowest BCUT2D eigenvalue weighted by atomic mass is 9.99. The Morgan fingerprint density at radius 2 is 2.00 bits per heavy atom. The third-order valence-corrected chi connectivity index (χ3v) is 2.64. The predicted molar refractivity (Wildman–Crippen MR) is 50.5 cm³/mol. The number of fused-ring (bicyclic) bond motifs is 1. The van der Waals surface area contributed by atoms with Gasteiger partial charge in [0.05, 0.1) is 6.61 Å². The molecule has 0 saturated carbocycles. The topological polar surface area (TPSA) is 18.5 Å². The van der Waals surface area contributed by atoms with Gasteiger partial charge in [-0.1, -0.05) is 12.1 Å². The summed E-state index contributed by atoms with van der Waals surface area (Å²) in [6, 6.07) is 4.25. The van der Waals surface area contributed by atoms with Crippen LogP contribution >= 0.6 is 0 Å². The third-order valence-electron chi connectivity index (χ3n) is 2.64. The number of methoxy groups -OCH3 is 1. The molecule has 0 bridgehead atoms. The molecule has 1 aliphatic heterocycles. The maximum absolute atomic E-state index is 5.51. The van der Waals surface area contributed by atoms with E-state index in [1.807, 2.05) is 0 Å². The van der Waals surface area contributed by atoms with Gasteiger partial charge < -0.3 is 9.47 Å². The Labute approximate surface area is 78.5 Å². The molecule has 70 valence electrons. The fourth-order valence-corrected chi connectivity index (χ4v) is 1.84. The van der Waals surface area contributed by atoms with Crippen molar-refractivity contribution in [3.05, 3.63) is 34.4 Å². The SMILES string of the molecule is CO[C@@H]1OCc2c(C)ccc(C)c21. The molecule has 0 aromatic heterocycles. The molecule has 1 atom stereocenters. The van der Waals surface area contributed by atoms with Crippen LogP contribution in [0, 0.1) is 13.8 Å². The molecule has 0 radical (unpaired) electrons. The average molecular weight is 178 g/mol. The second-order valence-corrected chi connectivity index (χ2v) is 3.47. The van der Waals surface area contributed by atoms with E-state index in [0.717, 1.165) is 0 Å². The zero-order chi connectivity index (χ0) is 9.42. The molecule has 0 unspecified atom stereocenters. The Balaban J connectivity index is 2.55. The van der Waals surface area contributed by atoms with Crippen LogP contribution in [-0.2, 0) is 16.1 Å². The summed E-state index contributed by atoms with van der Waals surface area (Å²) < 4.78 is 10.8. The zero-order valence-electron chi connectivity index (χ0n) is 8.26.